The maximum atomic E-state index is 13.1. The van der Waals surface area contributed by atoms with Crippen LogP contribution in [0.5, 0.6) is 0 Å². The molecule has 0 saturated heterocycles. The van der Waals surface area contributed by atoms with Gasteiger partial charge in [-0.05, 0) is 35.9 Å². The lowest BCUT2D eigenvalue weighted by Gasteiger charge is -2.19. The molecule has 3 aromatic carbocycles. The lowest BCUT2D eigenvalue weighted by Crippen LogP contribution is -2.20. The number of anilines is 1. The zero-order chi connectivity index (χ0) is 22.6. The maximum absolute atomic E-state index is 13.1. The molecule has 1 amide bonds. The molecule has 0 fully saturated rings. The second-order valence-corrected chi connectivity index (χ2v) is 7.68. The summed E-state index contributed by atoms with van der Waals surface area (Å²) in [7, 11) is 0. The minimum absolute atomic E-state index is 0.0169. The maximum Gasteiger partial charge on any atom is 0.416 e. The molecular weight excluding hydrogens is 440 g/mol. The molecule has 3 rings (SSSR count). The predicted octanol–water partition coefficient (Wildman–Crippen LogP) is 7.20. The summed E-state index contributed by atoms with van der Waals surface area (Å²) in [5.74, 6) is -0.743. The molecule has 162 valence electrons. The van der Waals surface area contributed by atoms with Gasteiger partial charge in [-0.15, -0.1) is 11.8 Å². The van der Waals surface area contributed by atoms with Crippen LogP contribution in [0, 0.1) is 0 Å². The molecule has 2 nitrogen and oxygen atoms in total. The van der Waals surface area contributed by atoms with Crippen molar-refractivity contribution in [3.8, 4) is 0 Å². The fraction of sp³-hybridized carbons (Fsp3) is 0.136. The first-order valence-corrected chi connectivity index (χ1v) is 9.79. The van der Waals surface area contributed by atoms with Crippen LogP contribution in [-0.4, -0.2) is 5.91 Å². The van der Waals surface area contributed by atoms with E-state index in [1.54, 1.807) is 60.7 Å². The zero-order valence-corrected chi connectivity index (χ0v) is 16.5. The molecule has 31 heavy (non-hydrogen) atoms. The van der Waals surface area contributed by atoms with E-state index in [2.05, 4.69) is 5.32 Å². The summed E-state index contributed by atoms with van der Waals surface area (Å²) >= 11 is 1.13. The molecule has 0 saturated carbocycles. The Balaban J connectivity index is 1.96. The number of rotatable bonds is 5. The zero-order valence-electron chi connectivity index (χ0n) is 15.7. The molecule has 0 aliphatic carbocycles. The summed E-state index contributed by atoms with van der Waals surface area (Å²) in [5.41, 5.74) is -3.02. The molecule has 0 aliphatic rings. The summed E-state index contributed by atoms with van der Waals surface area (Å²) in [6.07, 6.45) is -10.0. The fourth-order valence-corrected chi connectivity index (χ4v) is 3.82. The molecule has 0 bridgehead atoms. The fourth-order valence-electron chi connectivity index (χ4n) is 2.77. The first-order chi connectivity index (χ1) is 14.5. The number of alkyl halides is 6. The van der Waals surface area contributed by atoms with Crippen molar-refractivity contribution >= 4 is 23.4 Å². The molecule has 1 N–H and O–H groups in total. The van der Waals surface area contributed by atoms with Gasteiger partial charge in [0.1, 0.15) is 5.25 Å². The van der Waals surface area contributed by atoms with Crippen LogP contribution in [0.4, 0.5) is 32.0 Å². The van der Waals surface area contributed by atoms with Gasteiger partial charge < -0.3 is 5.32 Å². The minimum atomic E-state index is -5.00. The number of carbonyl (C=O) groups is 1. The van der Waals surface area contributed by atoms with E-state index in [0.717, 1.165) is 11.8 Å². The summed E-state index contributed by atoms with van der Waals surface area (Å²) < 4.78 is 78.6. The SMILES string of the molecule is O=C(Nc1cc(C(F)(F)F)cc(C(F)(F)F)c1)[C@@H](Sc1ccccc1)c1ccccc1. The second kappa shape index (κ2) is 9.05. The molecule has 9 heteroatoms. The first-order valence-electron chi connectivity index (χ1n) is 8.91. The van der Waals surface area contributed by atoms with Crippen molar-refractivity contribution in [2.24, 2.45) is 0 Å². The molecule has 3 aromatic rings. The van der Waals surface area contributed by atoms with Crippen LogP contribution < -0.4 is 5.32 Å². The number of amides is 1. The summed E-state index contributed by atoms with van der Waals surface area (Å²) in [6.45, 7) is 0. The standard InChI is InChI=1S/C22H15F6NOS/c23-21(24,25)15-11-16(22(26,27)28)13-17(12-15)29-20(30)19(14-7-3-1-4-8-14)31-18-9-5-2-6-10-18/h1-13,19H,(H,29,30)/t19-/m0/s1. The average Bonchev–Trinajstić information content (AvgIpc) is 2.72. The molecule has 0 aromatic heterocycles. The van der Waals surface area contributed by atoms with Gasteiger partial charge in [-0.2, -0.15) is 26.3 Å². The van der Waals surface area contributed by atoms with E-state index in [9.17, 15) is 31.1 Å². The van der Waals surface area contributed by atoms with Crippen molar-refractivity contribution in [2.75, 3.05) is 5.32 Å². The van der Waals surface area contributed by atoms with Gasteiger partial charge in [-0.3, -0.25) is 4.79 Å². The predicted molar refractivity (Wildman–Crippen MR) is 107 cm³/mol. The highest BCUT2D eigenvalue weighted by Gasteiger charge is 2.37. The summed E-state index contributed by atoms with van der Waals surface area (Å²) in [5, 5.41) is 1.33. The minimum Gasteiger partial charge on any atom is -0.325 e. The lowest BCUT2D eigenvalue weighted by atomic mass is 10.1. The quantitative estimate of drug-likeness (QED) is 0.326. The highest BCUT2D eigenvalue weighted by atomic mass is 32.2. The monoisotopic (exact) mass is 455 g/mol. The van der Waals surface area contributed by atoms with Gasteiger partial charge >= 0.3 is 12.4 Å². The average molecular weight is 455 g/mol. The molecule has 0 unspecified atom stereocenters. The Labute approximate surface area is 178 Å². The largest absolute Gasteiger partial charge is 0.416 e. The first kappa shape index (κ1) is 22.7. The van der Waals surface area contributed by atoms with Crippen LogP contribution in [0.3, 0.4) is 0 Å². The number of thioether (sulfide) groups is 1. The highest BCUT2D eigenvalue weighted by molar-refractivity contribution is 8.00. The molecular formula is C22H15F6NOS. The third-order valence-corrected chi connectivity index (χ3v) is 5.46. The molecule has 0 aliphatic heterocycles. The Bertz CT molecular complexity index is 1000. The van der Waals surface area contributed by atoms with Crippen LogP contribution in [0.15, 0.2) is 83.8 Å². The Morgan fingerprint density at radius 3 is 1.71 bits per heavy atom. The molecule has 0 spiro atoms. The summed E-state index contributed by atoms with van der Waals surface area (Å²) in [4.78, 5) is 13.7. The van der Waals surface area contributed by atoms with Gasteiger partial charge in [0.2, 0.25) is 5.91 Å². The number of hydrogen-bond donors (Lipinski definition) is 1. The van der Waals surface area contributed by atoms with Crippen molar-refractivity contribution in [2.45, 2.75) is 22.5 Å². The van der Waals surface area contributed by atoms with Gasteiger partial charge in [0, 0.05) is 10.6 Å². The van der Waals surface area contributed by atoms with Crippen LogP contribution >= 0.6 is 11.8 Å². The third-order valence-electron chi connectivity index (χ3n) is 4.19. The van der Waals surface area contributed by atoms with Gasteiger partial charge in [-0.25, -0.2) is 0 Å². The van der Waals surface area contributed by atoms with Crippen LogP contribution in [0.25, 0.3) is 0 Å². The van der Waals surface area contributed by atoms with Crippen molar-refractivity contribution in [1.29, 1.82) is 0 Å². The number of nitrogens with one attached hydrogen (secondary N) is 1. The smallest absolute Gasteiger partial charge is 0.325 e. The summed E-state index contributed by atoms with van der Waals surface area (Å²) in [6, 6.07) is 18.2. The third kappa shape index (κ3) is 6.04. The van der Waals surface area contributed by atoms with E-state index in [1.165, 1.54) is 0 Å². The van der Waals surface area contributed by atoms with Crippen LogP contribution in [-0.2, 0) is 17.1 Å². The van der Waals surface area contributed by atoms with Crippen LogP contribution in [0.1, 0.15) is 21.9 Å². The van der Waals surface area contributed by atoms with E-state index >= 15 is 0 Å². The Morgan fingerprint density at radius 2 is 1.23 bits per heavy atom. The number of hydrogen-bond acceptors (Lipinski definition) is 2. The Hall–Kier alpha value is -2.94. The highest BCUT2D eigenvalue weighted by Crippen LogP contribution is 2.39. The Morgan fingerprint density at radius 1 is 0.742 bits per heavy atom. The molecule has 0 heterocycles. The Kier molecular flexibility index (Phi) is 6.64. The normalized spacial score (nSPS) is 13.0. The van der Waals surface area contributed by atoms with E-state index < -0.39 is 40.3 Å². The van der Waals surface area contributed by atoms with Crippen molar-refractivity contribution in [1.82, 2.24) is 0 Å². The van der Waals surface area contributed by atoms with Crippen molar-refractivity contribution in [3.05, 3.63) is 95.6 Å². The van der Waals surface area contributed by atoms with Gasteiger partial charge in [0.15, 0.2) is 0 Å². The number of carbonyl (C=O) groups excluding carboxylic acids is 1. The number of halogens is 6. The van der Waals surface area contributed by atoms with Crippen molar-refractivity contribution in [3.63, 3.8) is 0 Å². The van der Waals surface area contributed by atoms with E-state index in [-0.39, 0.29) is 6.07 Å². The second-order valence-electron chi connectivity index (χ2n) is 6.51. The van der Waals surface area contributed by atoms with Gasteiger partial charge in [0.05, 0.1) is 11.1 Å². The number of benzene rings is 3. The topological polar surface area (TPSA) is 29.1 Å². The molecule has 0 radical (unpaired) electrons. The molecule has 1 atom stereocenters. The van der Waals surface area contributed by atoms with Crippen molar-refractivity contribution < 1.29 is 31.1 Å². The van der Waals surface area contributed by atoms with E-state index in [1.807, 2.05) is 0 Å². The van der Waals surface area contributed by atoms with Gasteiger partial charge in [0.25, 0.3) is 0 Å². The van der Waals surface area contributed by atoms with E-state index in [4.69, 9.17) is 0 Å². The van der Waals surface area contributed by atoms with Gasteiger partial charge in [-0.1, -0.05) is 48.5 Å². The van der Waals surface area contributed by atoms with E-state index in [0.29, 0.717) is 22.6 Å². The lowest BCUT2D eigenvalue weighted by molar-refractivity contribution is -0.143. The van der Waals surface area contributed by atoms with Crippen LogP contribution in [0.2, 0.25) is 0 Å².